The van der Waals surface area contributed by atoms with Crippen molar-refractivity contribution in [1.82, 2.24) is 0 Å². The molecule has 0 fully saturated rings. The normalized spacial score (nSPS) is 19.2. The number of hydrogen-bond acceptors (Lipinski definition) is 1. The van der Waals surface area contributed by atoms with Gasteiger partial charge in [0.2, 0.25) is 0 Å². The molecule has 1 atom stereocenters. The van der Waals surface area contributed by atoms with Crippen LogP contribution < -0.4 is 28.7 Å². The van der Waals surface area contributed by atoms with Gasteiger partial charge in [0.15, 0.2) is 0 Å². The monoisotopic (exact) mass is 347 g/mol. The molecule has 1 aromatic carbocycles. The third-order valence-corrected chi connectivity index (χ3v) is 3.73. The van der Waals surface area contributed by atoms with Crippen molar-refractivity contribution in [3.8, 4) is 5.75 Å². The Balaban J connectivity index is 0.00000144. The van der Waals surface area contributed by atoms with Crippen LogP contribution in [0.4, 0.5) is 0 Å². The number of likely N-dealkylation sites (N-methyl/N-ethyl adjacent to an activating group) is 1. The van der Waals surface area contributed by atoms with Crippen LogP contribution in [0.25, 0.3) is 0 Å². The molecular weight excluding hydrogens is 325 g/mol. The minimum atomic E-state index is 0. The summed E-state index contributed by atoms with van der Waals surface area (Å²) in [5.41, 5.74) is 2.90. The van der Waals surface area contributed by atoms with Gasteiger partial charge in [0.05, 0.1) is 34.3 Å². The van der Waals surface area contributed by atoms with Gasteiger partial charge in [-0.3, -0.25) is 0 Å². The van der Waals surface area contributed by atoms with Gasteiger partial charge < -0.3 is 33.2 Å². The zero-order valence-electron chi connectivity index (χ0n) is 11.2. The second kappa shape index (κ2) is 5.57. The van der Waals surface area contributed by atoms with Gasteiger partial charge in [-0.2, -0.15) is 0 Å². The Morgan fingerprint density at radius 3 is 2.53 bits per heavy atom. The molecule has 0 saturated heterocycles. The number of methoxy groups -OCH3 is 1. The number of halogens is 1. The van der Waals surface area contributed by atoms with Gasteiger partial charge in [-0.05, 0) is 23.6 Å². The van der Waals surface area contributed by atoms with Crippen molar-refractivity contribution in [3.05, 3.63) is 29.3 Å². The Morgan fingerprint density at radius 2 is 1.94 bits per heavy atom. The Morgan fingerprint density at radius 1 is 1.24 bits per heavy atom. The lowest BCUT2D eigenvalue weighted by molar-refractivity contribution is -0.896. The van der Waals surface area contributed by atoms with Gasteiger partial charge in [0.25, 0.3) is 0 Å². The van der Waals surface area contributed by atoms with E-state index in [0.717, 1.165) is 22.7 Å². The molecule has 0 radical (unpaired) electrons. The molecule has 1 aliphatic rings. The van der Waals surface area contributed by atoms with E-state index in [1.165, 1.54) is 24.0 Å². The molecule has 2 nitrogen and oxygen atoms in total. The molecule has 0 aliphatic heterocycles. The van der Waals surface area contributed by atoms with Crippen LogP contribution in [0.2, 0.25) is 0 Å². The molecule has 1 aromatic rings. The van der Waals surface area contributed by atoms with E-state index in [0.29, 0.717) is 0 Å². The fraction of sp³-hybridized carbons (Fsp3) is 0.571. The van der Waals surface area contributed by atoms with Crippen LogP contribution in [0.5, 0.6) is 5.75 Å². The fourth-order valence-electron chi connectivity index (χ4n) is 2.61. The average molecular weight is 347 g/mol. The summed E-state index contributed by atoms with van der Waals surface area (Å²) in [6.45, 7) is 0. The second-order valence-corrected chi connectivity index (χ2v) is 5.61. The van der Waals surface area contributed by atoms with E-state index in [9.17, 15) is 0 Å². The Bertz CT molecular complexity index is 384. The first-order valence-electron chi connectivity index (χ1n) is 5.98. The third-order valence-electron chi connectivity index (χ3n) is 3.73. The highest BCUT2D eigenvalue weighted by atomic mass is 127. The molecular formula is C14H22INO. The standard InChI is InChI=1S/C14H22NO.HI/c1-15(2,3)12-8-9-13-11(10-12)6-5-7-14(13)16-4;/h5-7,12H,8-10H2,1-4H3;1H/q+1;/p-1. The number of quaternary nitrogens is 1. The highest BCUT2D eigenvalue weighted by molar-refractivity contribution is 5.42. The molecule has 0 heterocycles. The molecule has 1 aliphatic carbocycles. The highest BCUT2D eigenvalue weighted by Gasteiger charge is 2.29. The first-order chi connectivity index (χ1) is 7.52. The second-order valence-electron chi connectivity index (χ2n) is 5.61. The molecule has 2 rings (SSSR count). The van der Waals surface area contributed by atoms with Gasteiger partial charge in [-0.1, -0.05) is 12.1 Å². The van der Waals surface area contributed by atoms with Crippen LogP contribution in [0.3, 0.4) is 0 Å². The van der Waals surface area contributed by atoms with Gasteiger partial charge in [0, 0.05) is 12.8 Å². The molecule has 0 bridgehead atoms. The van der Waals surface area contributed by atoms with Gasteiger partial charge in [0.1, 0.15) is 5.75 Å². The number of hydrogen-bond donors (Lipinski definition) is 0. The zero-order valence-corrected chi connectivity index (χ0v) is 13.3. The Kier molecular flexibility index (Phi) is 4.84. The first-order valence-corrected chi connectivity index (χ1v) is 5.98. The van der Waals surface area contributed by atoms with Crippen molar-refractivity contribution < 1.29 is 33.2 Å². The smallest absolute Gasteiger partial charge is 0.122 e. The van der Waals surface area contributed by atoms with Crippen molar-refractivity contribution in [3.63, 3.8) is 0 Å². The SMILES string of the molecule is COc1cccc2c1CCC([N+](C)(C)C)C2.[I-]. The number of fused-ring (bicyclic) bond motifs is 1. The maximum absolute atomic E-state index is 5.43. The molecule has 0 amide bonds. The molecule has 0 N–H and O–H groups in total. The number of benzene rings is 1. The fourth-order valence-corrected chi connectivity index (χ4v) is 2.61. The van der Waals surface area contributed by atoms with Crippen molar-refractivity contribution in [2.75, 3.05) is 28.3 Å². The predicted octanol–water partition coefficient (Wildman–Crippen LogP) is -0.737. The molecule has 3 heteroatoms. The summed E-state index contributed by atoms with van der Waals surface area (Å²) in [7, 11) is 8.63. The van der Waals surface area contributed by atoms with E-state index in [2.05, 4.69) is 39.3 Å². The van der Waals surface area contributed by atoms with E-state index in [1.54, 1.807) is 7.11 Å². The summed E-state index contributed by atoms with van der Waals surface area (Å²) in [5.74, 6) is 1.07. The summed E-state index contributed by atoms with van der Waals surface area (Å²) in [6.07, 6.45) is 3.59. The van der Waals surface area contributed by atoms with Crippen molar-refractivity contribution in [2.24, 2.45) is 0 Å². The topological polar surface area (TPSA) is 9.23 Å². The molecule has 1 unspecified atom stereocenters. The van der Waals surface area contributed by atoms with Crippen molar-refractivity contribution in [2.45, 2.75) is 25.3 Å². The average Bonchev–Trinajstić information content (AvgIpc) is 2.26. The lowest BCUT2D eigenvalue weighted by atomic mass is 9.86. The van der Waals surface area contributed by atoms with Crippen LogP contribution >= 0.6 is 0 Å². The van der Waals surface area contributed by atoms with Crippen molar-refractivity contribution >= 4 is 0 Å². The van der Waals surface area contributed by atoms with Crippen LogP contribution in [-0.2, 0) is 12.8 Å². The van der Waals surface area contributed by atoms with E-state index in [4.69, 9.17) is 4.74 Å². The largest absolute Gasteiger partial charge is 1.00 e. The van der Waals surface area contributed by atoms with Crippen LogP contribution in [0.1, 0.15) is 17.5 Å². The third kappa shape index (κ3) is 3.13. The number of rotatable bonds is 2. The zero-order chi connectivity index (χ0) is 11.8. The molecule has 96 valence electrons. The van der Waals surface area contributed by atoms with Gasteiger partial charge in [-0.25, -0.2) is 0 Å². The lowest BCUT2D eigenvalue weighted by Gasteiger charge is -2.37. The van der Waals surface area contributed by atoms with Crippen LogP contribution in [-0.4, -0.2) is 38.8 Å². The van der Waals surface area contributed by atoms with Gasteiger partial charge in [-0.15, -0.1) is 0 Å². The summed E-state index contributed by atoms with van der Waals surface area (Å²) in [4.78, 5) is 0. The maximum atomic E-state index is 5.43. The maximum Gasteiger partial charge on any atom is 0.122 e. The van der Waals surface area contributed by atoms with E-state index >= 15 is 0 Å². The molecule has 0 aromatic heterocycles. The molecule has 0 saturated carbocycles. The summed E-state index contributed by atoms with van der Waals surface area (Å²) in [5, 5.41) is 0. The Hall–Kier alpha value is -0.290. The summed E-state index contributed by atoms with van der Waals surface area (Å²) < 4.78 is 6.48. The van der Waals surface area contributed by atoms with Crippen molar-refractivity contribution in [1.29, 1.82) is 0 Å². The minimum Gasteiger partial charge on any atom is -1.00 e. The predicted molar refractivity (Wildman–Crippen MR) is 66.8 cm³/mol. The van der Waals surface area contributed by atoms with E-state index < -0.39 is 0 Å². The summed E-state index contributed by atoms with van der Waals surface area (Å²) in [6, 6.07) is 7.17. The number of nitrogens with zero attached hydrogens (tertiary/aromatic N) is 1. The lowest BCUT2D eigenvalue weighted by Crippen LogP contribution is -3.00. The van der Waals surface area contributed by atoms with Crippen LogP contribution in [0.15, 0.2) is 18.2 Å². The van der Waals surface area contributed by atoms with Crippen LogP contribution in [0, 0.1) is 0 Å². The van der Waals surface area contributed by atoms with Gasteiger partial charge >= 0.3 is 0 Å². The Labute approximate surface area is 122 Å². The summed E-state index contributed by atoms with van der Waals surface area (Å²) >= 11 is 0. The first kappa shape index (κ1) is 14.8. The highest BCUT2D eigenvalue weighted by Crippen LogP contribution is 2.31. The number of ether oxygens (including phenoxy) is 1. The molecule has 0 spiro atoms. The van der Waals surface area contributed by atoms with E-state index in [1.807, 2.05) is 0 Å². The quantitative estimate of drug-likeness (QED) is 0.506. The molecule has 17 heavy (non-hydrogen) atoms. The minimum absolute atomic E-state index is 0. The van der Waals surface area contributed by atoms with E-state index in [-0.39, 0.29) is 24.0 Å².